The maximum Gasteiger partial charge on any atom is 0.307 e. The molecule has 166 valence electrons. The summed E-state index contributed by atoms with van der Waals surface area (Å²) in [5.41, 5.74) is 6.56. The van der Waals surface area contributed by atoms with Crippen molar-refractivity contribution in [2.75, 3.05) is 27.2 Å². The van der Waals surface area contributed by atoms with E-state index in [9.17, 15) is 4.79 Å². The van der Waals surface area contributed by atoms with Gasteiger partial charge in [-0.3, -0.25) is 4.79 Å². The summed E-state index contributed by atoms with van der Waals surface area (Å²) in [6, 6.07) is 26.5. The number of carboxylic acid groups (broad SMARTS) is 1. The van der Waals surface area contributed by atoms with E-state index in [0.29, 0.717) is 6.61 Å². The van der Waals surface area contributed by atoms with Gasteiger partial charge in [-0.05, 0) is 66.0 Å². The van der Waals surface area contributed by atoms with Crippen LogP contribution in [0.25, 0.3) is 11.1 Å². The molecule has 0 aliphatic rings. The van der Waals surface area contributed by atoms with Gasteiger partial charge in [0, 0.05) is 6.54 Å². The number of rotatable bonds is 10. The first-order valence-electron chi connectivity index (χ1n) is 11.0. The molecule has 1 N–H and O–H groups in total. The van der Waals surface area contributed by atoms with Gasteiger partial charge in [-0.15, -0.1) is 0 Å². The zero-order chi connectivity index (χ0) is 22.9. The molecule has 0 spiro atoms. The molecule has 0 saturated carbocycles. The summed E-state index contributed by atoms with van der Waals surface area (Å²) < 4.78 is 5.87. The van der Waals surface area contributed by atoms with Gasteiger partial charge in [-0.25, -0.2) is 0 Å². The van der Waals surface area contributed by atoms with E-state index in [0.717, 1.165) is 41.0 Å². The van der Waals surface area contributed by atoms with E-state index < -0.39 is 5.97 Å². The van der Waals surface area contributed by atoms with Crippen LogP contribution in [-0.4, -0.2) is 43.2 Å². The first-order valence-corrected chi connectivity index (χ1v) is 11.0. The maximum atomic E-state index is 11.1. The lowest BCUT2D eigenvalue weighted by molar-refractivity contribution is -0.136. The molecule has 0 fully saturated rings. The summed E-state index contributed by atoms with van der Waals surface area (Å²) in [4.78, 5) is 13.2. The van der Waals surface area contributed by atoms with Crippen LogP contribution in [0.1, 0.15) is 35.6 Å². The van der Waals surface area contributed by atoms with Gasteiger partial charge < -0.3 is 14.7 Å². The minimum atomic E-state index is -0.822. The SMILES string of the molecule is CCC(=C(c1ccc(CC(=O)O)cc1)c1ccc(OCCN(C)C)cc1)c1ccccc1. The summed E-state index contributed by atoms with van der Waals surface area (Å²) in [7, 11) is 4.06. The van der Waals surface area contributed by atoms with Crippen molar-refractivity contribution in [3.63, 3.8) is 0 Å². The van der Waals surface area contributed by atoms with E-state index in [1.165, 1.54) is 11.1 Å². The maximum absolute atomic E-state index is 11.1. The van der Waals surface area contributed by atoms with Crippen LogP contribution in [0.3, 0.4) is 0 Å². The second kappa shape index (κ2) is 11.3. The molecule has 3 aromatic rings. The first kappa shape index (κ1) is 23.3. The molecule has 4 heteroatoms. The molecule has 4 nitrogen and oxygen atoms in total. The normalized spacial score (nSPS) is 11.9. The van der Waals surface area contributed by atoms with Gasteiger partial charge in [-0.2, -0.15) is 0 Å². The van der Waals surface area contributed by atoms with Gasteiger partial charge in [0.2, 0.25) is 0 Å². The average molecular weight is 430 g/mol. The Bertz CT molecular complexity index is 1040. The summed E-state index contributed by atoms with van der Waals surface area (Å²) in [5.74, 6) is 0.0291. The quantitative estimate of drug-likeness (QED) is 0.425. The number of likely N-dealkylation sites (N-methyl/N-ethyl adjacent to an activating group) is 1. The number of allylic oxidation sites excluding steroid dienone is 1. The standard InChI is InChI=1S/C28H31NO3/c1-4-26(22-8-6-5-7-9-22)28(23-12-10-21(11-13-23)20-27(30)31)24-14-16-25(17-15-24)32-19-18-29(2)3/h5-17H,4,18-20H2,1-3H3,(H,30,31). The molecule has 0 atom stereocenters. The Balaban J connectivity index is 2.01. The van der Waals surface area contributed by atoms with E-state index in [4.69, 9.17) is 9.84 Å². The Kier molecular flexibility index (Phi) is 8.23. The highest BCUT2D eigenvalue weighted by atomic mass is 16.5. The molecule has 0 heterocycles. The fourth-order valence-electron chi connectivity index (χ4n) is 3.71. The smallest absolute Gasteiger partial charge is 0.307 e. The third-order valence-corrected chi connectivity index (χ3v) is 5.33. The van der Waals surface area contributed by atoms with E-state index in [-0.39, 0.29) is 6.42 Å². The Hall–Kier alpha value is -3.37. The monoisotopic (exact) mass is 429 g/mol. The van der Waals surface area contributed by atoms with Gasteiger partial charge >= 0.3 is 5.97 Å². The molecule has 0 amide bonds. The zero-order valence-corrected chi connectivity index (χ0v) is 19.0. The van der Waals surface area contributed by atoms with Crippen LogP contribution in [0.15, 0.2) is 78.9 Å². The number of carbonyl (C=O) groups is 1. The fourth-order valence-corrected chi connectivity index (χ4v) is 3.71. The van der Waals surface area contributed by atoms with Gasteiger partial charge in [0.15, 0.2) is 0 Å². The number of aliphatic carboxylic acids is 1. The lowest BCUT2D eigenvalue weighted by Gasteiger charge is -2.17. The summed E-state index contributed by atoms with van der Waals surface area (Å²) in [6.45, 7) is 3.67. The third kappa shape index (κ3) is 6.32. The van der Waals surface area contributed by atoms with Crippen molar-refractivity contribution in [3.8, 4) is 5.75 Å². The Labute approximate surface area is 190 Å². The highest BCUT2D eigenvalue weighted by Crippen LogP contribution is 2.35. The molecule has 0 aromatic heterocycles. The summed E-state index contributed by atoms with van der Waals surface area (Å²) >= 11 is 0. The second-order valence-corrected chi connectivity index (χ2v) is 8.02. The van der Waals surface area contributed by atoms with Crippen molar-refractivity contribution in [1.82, 2.24) is 4.90 Å². The first-order chi connectivity index (χ1) is 15.5. The number of carboxylic acids is 1. The van der Waals surface area contributed by atoms with Crippen molar-refractivity contribution in [2.45, 2.75) is 19.8 Å². The molecule has 0 unspecified atom stereocenters. The lowest BCUT2D eigenvalue weighted by atomic mass is 9.88. The van der Waals surface area contributed by atoms with Crippen molar-refractivity contribution in [1.29, 1.82) is 0 Å². The van der Waals surface area contributed by atoms with E-state index in [1.54, 1.807) is 0 Å². The highest BCUT2D eigenvalue weighted by Gasteiger charge is 2.14. The van der Waals surface area contributed by atoms with Gasteiger partial charge in [0.1, 0.15) is 12.4 Å². The fraction of sp³-hybridized carbons (Fsp3) is 0.250. The number of benzene rings is 3. The minimum Gasteiger partial charge on any atom is -0.492 e. The topological polar surface area (TPSA) is 49.8 Å². The predicted octanol–water partition coefficient (Wildman–Crippen LogP) is 5.62. The van der Waals surface area contributed by atoms with Crippen LogP contribution in [0.4, 0.5) is 0 Å². The Morgan fingerprint density at radius 3 is 1.97 bits per heavy atom. The largest absolute Gasteiger partial charge is 0.492 e. The van der Waals surface area contributed by atoms with Gasteiger partial charge in [0.05, 0.1) is 6.42 Å². The molecule has 0 radical (unpaired) electrons. The van der Waals surface area contributed by atoms with Gasteiger partial charge in [0.25, 0.3) is 0 Å². The van der Waals surface area contributed by atoms with Crippen LogP contribution in [-0.2, 0) is 11.2 Å². The third-order valence-electron chi connectivity index (χ3n) is 5.33. The lowest BCUT2D eigenvalue weighted by Crippen LogP contribution is -2.19. The number of hydrogen-bond donors (Lipinski definition) is 1. The Morgan fingerprint density at radius 1 is 0.844 bits per heavy atom. The van der Waals surface area contributed by atoms with Crippen molar-refractivity contribution in [2.24, 2.45) is 0 Å². The van der Waals surface area contributed by atoms with Crippen LogP contribution in [0.5, 0.6) is 5.75 Å². The zero-order valence-electron chi connectivity index (χ0n) is 19.0. The van der Waals surface area contributed by atoms with Crippen LogP contribution in [0, 0.1) is 0 Å². The number of nitrogens with zero attached hydrogens (tertiary/aromatic N) is 1. The molecule has 32 heavy (non-hydrogen) atoms. The highest BCUT2D eigenvalue weighted by molar-refractivity contribution is 5.98. The van der Waals surface area contributed by atoms with Crippen LogP contribution >= 0.6 is 0 Å². The molecule has 0 saturated heterocycles. The Morgan fingerprint density at radius 2 is 1.44 bits per heavy atom. The van der Waals surface area contributed by atoms with Crippen molar-refractivity contribution in [3.05, 3.63) is 101 Å². The molecule has 0 aliphatic heterocycles. The summed E-state index contributed by atoms with van der Waals surface area (Å²) in [6.07, 6.45) is 0.898. The summed E-state index contributed by atoms with van der Waals surface area (Å²) in [5, 5.41) is 9.09. The van der Waals surface area contributed by atoms with E-state index in [2.05, 4.69) is 48.2 Å². The van der Waals surface area contributed by atoms with Crippen LogP contribution in [0.2, 0.25) is 0 Å². The minimum absolute atomic E-state index is 0.0254. The average Bonchev–Trinajstić information content (AvgIpc) is 2.79. The second-order valence-electron chi connectivity index (χ2n) is 8.02. The molecular weight excluding hydrogens is 398 g/mol. The number of hydrogen-bond acceptors (Lipinski definition) is 3. The van der Waals surface area contributed by atoms with Crippen molar-refractivity contribution < 1.29 is 14.6 Å². The van der Waals surface area contributed by atoms with Gasteiger partial charge in [-0.1, -0.05) is 73.7 Å². The number of ether oxygens (including phenoxy) is 1. The molecular formula is C28H31NO3. The molecule has 3 rings (SSSR count). The molecule has 3 aromatic carbocycles. The van der Waals surface area contributed by atoms with E-state index in [1.807, 2.05) is 56.6 Å². The van der Waals surface area contributed by atoms with Crippen molar-refractivity contribution >= 4 is 17.1 Å². The van der Waals surface area contributed by atoms with Crippen LogP contribution < -0.4 is 4.74 Å². The van der Waals surface area contributed by atoms with E-state index >= 15 is 0 Å². The molecule has 0 bridgehead atoms. The molecule has 0 aliphatic carbocycles. The predicted molar refractivity (Wildman–Crippen MR) is 131 cm³/mol.